The first-order valence-electron chi connectivity index (χ1n) is 6.47. The maximum Gasteiger partial charge on any atom is 0.317 e. The van der Waals surface area contributed by atoms with Crippen molar-refractivity contribution in [1.29, 1.82) is 0 Å². The molecule has 1 fully saturated rings. The number of urea groups is 1. The molecule has 2 amide bonds. The van der Waals surface area contributed by atoms with E-state index in [1.54, 1.807) is 0 Å². The molecule has 0 aliphatic carbocycles. The van der Waals surface area contributed by atoms with E-state index in [1.165, 1.54) is 0 Å². The molecule has 0 aromatic rings. The molecule has 1 rings (SSSR count). The van der Waals surface area contributed by atoms with E-state index in [2.05, 4.69) is 31.1 Å². The predicted molar refractivity (Wildman–Crippen MR) is 69.9 cm³/mol. The van der Waals surface area contributed by atoms with Crippen molar-refractivity contribution in [3.8, 4) is 0 Å². The second-order valence-electron chi connectivity index (χ2n) is 5.22. The third-order valence-corrected chi connectivity index (χ3v) is 3.40. The number of hydrogen-bond donors (Lipinski definition) is 2. The zero-order valence-electron chi connectivity index (χ0n) is 11.3. The van der Waals surface area contributed by atoms with Gasteiger partial charge in [-0.2, -0.15) is 0 Å². The second kappa shape index (κ2) is 6.81. The van der Waals surface area contributed by atoms with Crippen LogP contribution in [-0.4, -0.2) is 61.6 Å². The summed E-state index contributed by atoms with van der Waals surface area (Å²) in [5.41, 5.74) is 6.00. The average molecular weight is 242 g/mol. The fraction of sp³-hybridized carbons (Fsp3) is 0.917. The number of nitrogens with two attached hydrogens (primary N) is 1. The second-order valence-corrected chi connectivity index (χ2v) is 5.22. The first-order chi connectivity index (χ1) is 8.00. The monoisotopic (exact) mass is 242 g/mol. The lowest BCUT2D eigenvalue weighted by molar-refractivity contribution is 0.207. The Morgan fingerprint density at radius 2 is 2.18 bits per heavy atom. The van der Waals surface area contributed by atoms with Crippen molar-refractivity contribution >= 4 is 6.03 Å². The van der Waals surface area contributed by atoms with Gasteiger partial charge >= 0.3 is 6.03 Å². The van der Waals surface area contributed by atoms with Crippen molar-refractivity contribution in [3.05, 3.63) is 0 Å². The Kier molecular flexibility index (Phi) is 5.71. The molecule has 0 aromatic heterocycles. The molecule has 0 bridgehead atoms. The van der Waals surface area contributed by atoms with Gasteiger partial charge in [-0.1, -0.05) is 13.8 Å². The van der Waals surface area contributed by atoms with Crippen LogP contribution in [0.25, 0.3) is 0 Å². The van der Waals surface area contributed by atoms with Crippen molar-refractivity contribution in [3.63, 3.8) is 0 Å². The number of carbonyl (C=O) groups is 1. The third-order valence-electron chi connectivity index (χ3n) is 3.40. The summed E-state index contributed by atoms with van der Waals surface area (Å²) in [6.45, 7) is 8.63. The minimum atomic E-state index is 0.0669. The van der Waals surface area contributed by atoms with Crippen LogP contribution in [-0.2, 0) is 0 Å². The van der Waals surface area contributed by atoms with Crippen molar-refractivity contribution < 1.29 is 4.79 Å². The summed E-state index contributed by atoms with van der Waals surface area (Å²) in [7, 11) is 2.08. The molecule has 1 atom stereocenters. The van der Waals surface area contributed by atoms with Crippen LogP contribution in [0.1, 0.15) is 20.3 Å². The van der Waals surface area contributed by atoms with Gasteiger partial charge in [0.25, 0.3) is 0 Å². The van der Waals surface area contributed by atoms with E-state index in [0.717, 1.165) is 39.1 Å². The molecule has 1 unspecified atom stereocenters. The highest BCUT2D eigenvalue weighted by molar-refractivity contribution is 5.76. The average Bonchev–Trinajstić information content (AvgIpc) is 2.68. The van der Waals surface area contributed by atoms with Gasteiger partial charge in [0.2, 0.25) is 0 Å². The van der Waals surface area contributed by atoms with Gasteiger partial charge in [0.15, 0.2) is 0 Å². The number of nitrogens with one attached hydrogen (secondary N) is 1. The first kappa shape index (κ1) is 14.3. The zero-order valence-corrected chi connectivity index (χ0v) is 11.3. The van der Waals surface area contributed by atoms with Crippen LogP contribution in [0.3, 0.4) is 0 Å². The van der Waals surface area contributed by atoms with Gasteiger partial charge in [0, 0.05) is 32.2 Å². The van der Waals surface area contributed by atoms with Crippen LogP contribution < -0.4 is 11.1 Å². The van der Waals surface area contributed by atoms with Gasteiger partial charge in [0.1, 0.15) is 0 Å². The molecule has 5 nitrogen and oxygen atoms in total. The molecule has 17 heavy (non-hydrogen) atoms. The number of carbonyl (C=O) groups excluding carboxylic acids is 1. The molecule has 0 saturated carbocycles. The highest BCUT2D eigenvalue weighted by Gasteiger charge is 2.19. The van der Waals surface area contributed by atoms with Gasteiger partial charge in [-0.15, -0.1) is 0 Å². The Bertz CT molecular complexity index is 245. The summed E-state index contributed by atoms with van der Waals surface area (Å²) in [6.07, 6.45) is 1.01. The molecular formula is C12H26N4O. The van der Waals surface area contributed by atoms with Crippen LogP contribution in [0, 0.1) is 5.92 Å². The smallest absolute Gasteiger partial charge is 0.317 e. The van der Waals surface area contributed by atoms with Crippen molar-refractivity contribution in [2.24, 2.45) is 11.7 Å². The number of hydrogen-bond acceptors (Lipinski definition) is 3. The normalized spacial score (nSPS) is 18.0. The largest absolute Gasteiger partial charge is 0.336 e. The molecule has 100 valence electrons. The van der Waals surface area contributed by atoms with Crippen LogP contribution in [0.15, 0.2) is 0 Å². The van der Waals surface area contributed by atoms with Gasteiger partial charge in [-0.25, -0.2) is 4.79 Å². The molecule has 1 aliphatic heterocycles. The fourth-order valence-corrected chi connectivity index (χ4v) is 1.83. The van der Waals surface area contributed by atoms with Crippen LogP contribution in [0.4, 0.5) is 4.79 Å². The van der Waals surface area contributed by atoms with E-state index >= 15 is 0 Å². The van der Waals surface area contributed by atoms with Crippen LogP contribution >= 0.6 is 0 Å². The summed E-state index contributed by atoms with van der Waals surface area (Å²) >= 11 is 0. The maximum absolute atomic E-state index is 11.3. The minimum Gasteiger partial charge on any atom is -0.336 e. The maximum atomic E-state index is 11.3. The van der Waals surface area contributed by atoms with E-state index in [0.29, 0.717) is 5.92 Å². The number of rotatable bonds is 7. The Labute approximate surface area is 104 Å². The third kappa shape index (κ3) is 4.91. The van der Waals surface area contributed by atoms with Crippen LogP contribution in [0.2, 0.25) is 0 Å². The summed E-state index contributed by atoms with van der Waals surface area (Å²) in [5, 5.41) is 2.81. The van der Waals surface area contributed by atoms with Gasteiger partial charge in [-0.3, -0.25) is 0 Å². The Morgan fingerprint density at radius 3 is 2.71 bits per heavy atom. The quantitative estimate of drug-likeness (QED) is 0.676. The summed E-state index contributed by atoms with van der Waals surface area (Å²) < 4.78 is 0. The first-order valence-corrected chi connectivity index (χ1v) is 6.47. The van der Waals surface area contributed by atoms with Crippen molar-refractivity contribution in [2.75, 3.05) is 39.8 Å². The Hall–Kier alpha value is -0.810. The fourth-order valence-electron chi connectivity index (χ4n) is 1.83. The van der Waals surface area contributed by atoms with E-state index < -0.39 is 0 Å². The van der Waals surface area contributed by atoms with Crippen molar-refractivity contribution in [1.82, 2.24) is 15.1 Å². The standard InChI is InChI=1S/C12H26N4O/c1-10(2)11(13)4-6-15(3)8-9-16-7-5-14-12(16)17/h10-11H,4-9,13H2,1-3H3,(H,14,17). The van der Waals surface area contributed by atoms with Crippen LogP contribution in [0.5, 0.6) is 0 Å². The number of nitrogens with zero attached hydrogens (tertiary/aromatic N) is 2. The molecule has 1 aliphatic rings. The Balaban J connectivity index is 2.12. The lowest BCUT2D eigenvalue weighted by atomic mass is 10.0. The molecule has 0 radical (unpaired) electrons. The van der Waals surface area contributed by atoms with E-state index in [1.807, 2.05) is 4.90 Å². The molecule has 1 heterocycles. The number of amides is 2. The summed E-state index contributed by atoms with van der Waals surface area (Å²) in [4.78, 5) is 15.4. The lowest BCUT2D eigenvalue weighted by Gasteiger charge is -2.23. The van der Waals surface area contributed by atoms with E-state index in [4.69, 9.17) is 5.73 Å². The molecule has 1 saturated heterocycles. The van der Waals surface area contributed by atoms with Gasteiger partial charge in [0.05, 0.1) is 0 Å². The highest BCUT2D eigenvalue weighted by Crippen LogP contribution is 2.04. The molecule has 0 aromatic carbocycles. The van der Waals surface area contributed by atoms with E-state index in [-0.39, 0.29) is 12.1 Å². The SMILES string of the molecule is CC(C)C(N)CCN(C)CCN1CCNC1=O. The van der Waals surface area contributed by atoms with Gasteiger partial charge < -0.3 is 20.9 Å². The van der Waals surface area contributed by atoms with E-state index in [9.17, 15) is 4.79 Å². The highest BCUT2D eigenvalue weighted by atomic mass is 16.2. The predicted octanol–water partition coefficient (Wildman–Crippen LogP) is 0.317. The van der Waals surface area contributed by atoms with Gasteiger partial charge in [-0.05, 0) is 25.9 Å². The molecule has 5 heteroatoms. The molecule has 0 spiro atoms. The summed E-state index contributed by atoms with van der Waals surface area (Å²) in [5.74, 6) is 0.535. The molecule has 3 N–H and O–H groups in total. The topological polar surface area (TPSA) is 61.6 Å². The van der Waals surface area contributed by atoms with Crippen molar-refractivity contribution in [2.45, 2.75) is 26.3 Å². The minimum absolute atomic E-state index is 0.0669. The Morgan fingerprint density at radius 1 is 1.47 bits per heavy atom. The molecular weight excluding hydrogens is 216 g/mol. The number of likely N-dealkylation sites (N-methyl/N-ethyl adjacent to an activating group) is 1. The lowest BCUT2D eigenvalue weighted by Crippen LogP contribution is -2.37. The zero-order chi connectivity index (χ0) is 12.8. The summed E-state index contributed by atoms with van der Waals surface area (Å²) in [6, 6.07) is 0.338.